The molecule has 3 aromatic carbocycles. The molecule has 33 heavy (non-hydrogen) atoms. The summed E-state index contributed by atoms with van der Waals surface area (Å²) >= 11 is 1.45. The van der Waals surface area contributed by atoms with Crippen LogP contribution in [0, 0.1) is 0 Å². The highest BCUT2D eigenvalue weighted by Crippen LogP contribution is 2.47. The molecule has 0 fully saturated rings. The van der Waals surface area contributed by atoms with Crippen LogP contribution in [0.4, 0.5) is 18.9 Å². The van der Waals surface area contributed by atoms with Crippen molar-refractivity contribution in [3.8, 4) is 5.75 Å². The molecule has 4 nitrogen and oxygen atoms in total. The Balaban J connectivity index is 0.00000306. The molecule has 0 aliphatic carbocycles. The van der Waals surface area contributed by atoms with Gasteiger partial charge in [0.05, 0.1) is 16.6 Å². The zero-order valence-corrected chi connectivity index (χ0v) is 19.3. The van der Waals surface area contributed by atoms with Crippen molar-refractivity contribution in [1.29, 1.82) is 0 Å². The molecular weight excluding hydrogens is 471 g/mol. The van der Waals surface area contributed by atoms with Gasteiger partial charge in [-0.25, -0.2) is 0 Å². The van der Waals surface area contributed by atoms with E-state index in [0.717, 1.165) is 27.8 Å². The molecule has 3 aromatic rings. The van der Waals surface area contributed by atoms with E-state index in [1.54, 1.807) is 0 Å². The van der Waals surface area contributed by atoms with Crippen molar-refractivity contribution in [3.05, 3.63) is 89.5 Å². The molecule has 0 spiro atoms. The number of benzene rings is 3. The minimum absolute atomic E-state index is 0. The Hall–Kier alpha value is -2.39. The van der Waals surface area contributed by atoms with E-state index in [1.807, 2.05) is 59.5 Å². The van der Waals surface area contributed by atoms with E-state index in [4.69, 9.17) is 16.2 Å². The van der Waals surface area contributed by atoms with Crippen LogP contribution in [0.1, 0.15) is 16.7 Å². The normalized spacial score (nSPS) is 16.2. The molecule has 0 aromatic heterocycles. The van der Waals surface area contributed by atoms with Gasteiger partial charge in [0.1, 0.15) is 12.4 Å². The van der Waals surface area contributed by atoms with E-state index in [0.29, 0.717) is 18.8 Å². The van der Waals surface area contributed by atoms with Gasteiger partial charge in [0.15, 0.2) is 0 Å². The Kier molecular flexibility index (Phi) is 8.18. The maximum absolute atomic E-state index is 13.3. The molecule has 176 valence electrons. The lowest BCUT2D eigenvalue weighted by atomic mass is 10.1. The smallest absolute Gasteiger partial charge is 0.416 e. The molecular formula is C24H25ClF3N3OS. The predicted octanol–water partition coefficient (Wildman–Crippen LogP) is 5.43. The van der Waals surface area contributed by atoms with Gasteiger partial charge < -0.3 is 21.1 Å². The van der Waals surface area contributed by atoms with Crippen LogP contribution < -0.4 is 21.1 Å². The van der Waals surface area contributed by atoms with Crippen LogP contribution in [0.2, 0.25) is 0 Å². The number of hydrogen-bond acceptors (Lipinski definition) is 5. The zero-order valence-electron chi connectivity index (χ0n) is 17.7. The van der Waals surface area contributed by atoms with Gasteiger partial charge in [0.2, 0.25) is 0 Å². The average molecular weight is 496 g/mol. The number of nitrogens with two attached hydrogens (primary N) is 2. The monoisotopic (exact) mass is 495 g/mol. The molecule has 1 heterocycles. The second-order valence-corrected chi connectivity index (χ2v) is 8.79. The molecule has 4 rings (SSSR count). The second kappa shape index (κ2) is 10.7. The van der Waals surface area contributed by atoms with Crippen molar-refractivity contribution in [2.45, 2.75) is 35.6 Å². The average Bonchev–Trinajstić information content (AvgIpc) is 3.16. The highest BCUT2D eigenvalue weighted by molar-refractivity contribution is 8.00. The molecule has 0 bridgehead atoms. The van der Waals surface area contributed by atoms with Gasteiger partial charge in [0, 0.05) is 24.0 Å². The largest absolute Gasteiger partial charge is 0.489 e. The summed E-state index contributed by atoms with van der Waals surface area (Å²) in [6, 6.07) is 20.9. The summed E-state index contributed by atoms with van der Waals surface area (Å²) in [5, 5.41) is -0.243. The van der Waals surface area contributed by atoms with Gasteiger partial charge in [0.25, 0.3) is 0 Å². The fourth-order valence-electron chi connectivity index (χ4n) is 3.59. The molecule has 0 saturated heterocycles. The van der Waals surface area contributed by atoms with Crippen LogP contribution in [0.15, 0.2) is 77.7 Å². The van der Waals surface area contributed by atoms with Gasteiger partial charge in [-0.1, -0.05) is 54.2 Å². The SMILES string of the molecule is Cl.NCC(N)C1Sc2ccc(C(F)(F)F)cc2N1Cc1ccc(OCc2ccccc2)cc1. The Morgan fingerprint density at radius 2 is 1.67 bits per heavy atom. The summed E-state index contributed by atoms with van der Waals surface area (Å²) in [5.41, 5.74) is 13.9. The van der Waals surface area contributed by atoms with Gasteiger partial charge in [-0.05, 0) is 41.5 Å². The third-order valence-electron chi connectivity index (χ3n) is 5.31. The van der Waals surface area contributed by atoms with Gasteiger partial charge >= 0.3 is 6.18 Å². The molecule has 0 amide bonds. The lowest BCUT2D eigenvalue weighted by molar-refractivity contribution is -0.137. The summed E-state index contributed by atoms with van der Waals surface area (Å²) in [4.78, 5) is 2.68. The number of anilines is 1. The number of nitrogens with zero attached hydrogens (tertiary/aromatic N) is 1. The quantitative estimate of drug-likeness (QED) is 0.457. The maximum Gasteiger partial charge on any atom is 0.416 e. The standard InChI is InChI=1S/C24H24F3N3OS.ClH/c25-24(26,27)18-8-11-22-21(12-18)30(23(32-22)20(29)13-28)14-16-6-9-19(10-7-16)31-15-17-4-2-1-3-5-17;/h1-12,20,23H,13-15,28-29H2;1H. The van der Waals surface area contributed by atoms with E-state index in [2.05, 4.69) is 0 Å². The van der Waals surface area contributed by atoms with Crippen LogP contribution in [0.3, 0.4) is 0 Å². The topological polar surface area (TPSA) is 64.5 Å². The van der Waals surface area contributed by atoms with Crippen molar-refractivity contribution >= 4 is 29.9 Å². The van der Waals surface area contributed by atoms with Crippen molar-refractivity contribution in [3.63, 3.8) is 0 Å². The van der Waals surface area contributed by atoms with Crippen molar-refractivity contribution in [1.82, 2.24) is 0 Å². The summed E-state index contributed by atoms with van der Waals surface area (Å²) in [6.45, 7) is 1.11. The number of fused-ring (bicyclic) bond motifs is 1. The number of hydrogen-bond donors (Lipinski definition) is 2. The fraction of sp³-hybridized carbons (Fsp3) is 0.250. The second-order valence-electron chi connectivity index (χ2n) is 7.63. The third-order valence-corrected chi connectivity index (χ3v) is 6.76. The summed E-state index contributed by atoms with van der Waals surface area (Å²) < 4.78 is 45.7. The van der Waals surface area contributed by atoms with Crippen molar-refractivity contribution in [2.75, 3.05) is 11.4 Å². The number of rotatable bonds is 7. The van der Waals surface area contributed by atoms with Crippen LogP contribution >= 0.6 is 24.2 Å². The number of halogens is 4. The predicted molar refractivity (Wildman–Crippen MR) is 129 cm³/mol. The van der Waals surface area contributed by atoms with Crippen molar-refractivity contribution in [2.24, 2.45) is 11.5 Å². The molecule has 1 aliphatic rings. The Labute approximate surface area is 201 Å². The summed E-state index contributed by atoms with van der Waals surface area (Å²) in [6.07, 6.45) is -4.41. The van der Waals surface area contributed by atoms with E-state index in [1.165, 1.54) is 23.9 Å². The lowest BCUT2D eigenvalue weighted by Crippen LogP contribution is -2.47. The van der Waals surface area contributed by atoms with Gasteiger partial charge in [-0.3, -0.25) is 0 Å². The molecule has 2 atom stereocenters. The first-order chi connectivity index (χ1) is 15.3. The van der Waals surface area contributed by atoms with E-state index in [9.17, 15) is 13.2 Å². The van der Waals surface area contributed by atoms with Gasteiger partial charge in [-0.2, -0.15) is 13.2 Å². The first kappa shape index (κ1) is 25.2. The van der Waals surface area contributed by atoms with Crippen LogP contribution in [-0.2, 0) is 19.3 Å². The molecule has 2 unspecified atom stereocenters. The number of thioether (sulfide) groups is 1. The fourth-order valence-corrected chi connectivity index (χ4v) is 4.89. The first-order valence-electron chi connectivity index (χ1n) is 10.2. The first-order valence-corrected chi connectivity index (χ1v) is 11.1. The van der Waals surface area contributed by atoms with E-state index in [-0.39, 0.29) is 30.4 Å². The zero-order chi connectivity index (χ0) is 22.7. The van der Waals surface area contributed by atoms with Crippen molar-refractivity contribution < 1.29 is 17.9 Å². The highest BCUT2D eigenvalue weighted by atomic mass is 35.5. The van der Waals surface area contributed by atoms with Gasteiger partial charge in [-0.15, -0.1) is 12.4 Å². The highest BCUT2D eigenvalue weighted by Gasteiger charge is 2.37. The number of ether oxygens (including phenoxy) is 1. The molecule has 0 radical (unpaired) electrons. The van der Waals surface area contributed by atoms with Crippen LogP contribution in [0.25, 0.3) is 0 Å². The lowest BCUT2D eigenvalue weighted by Gasteiger charge is -2.30. The molecule has 1 aliphatic heterocycles. The number of alkyl halides is 3. The van der Waals surface area contributed by atoms with E-state index >= 15 is 0 Å². The Morgan fingerprint density at radius 3 is 2.30 bits per heavy atom. The molecule has 4 N–H and O–H groups in total. The minimum Gasteiger partial charge on any atom is -0.489 e. The molecule has 0 saturated carbocycles. The summed E-state index contributed by atoms with van der Waals surface area (Å²) in [5.74, 6) is 0.725. The maximum atomic E-state index is 13.3. The Morgan fingerprint density at radius 1 is 0.970 bits per heavy atom. The van der Waals surface area contributed by atoms with Crippen LogP contribution in [-0.4, -0.2) is 18.0 Å². The van der Waals surface area contributed by atoms with Crippen LogP contribution in [0.5, 0.6) is 5.75 Å². The minimum atomic E-state index is -4.41. The Bertz CT molecular complexity index is 1050. The van der Waals surface area contributed by atoms with E-state index < -0.39 is 11.7 Å². The summed E-state index contributed by atoms with van der Waals surface area (Å²) in [7, 11) is 0. The third kappa shape index (κ3) is 5.95. The molecule has 9 heteroatoms.